The highest BCUT2D eigenvalue weighted by molar-refractivity contribution is 8.02. The third kappa shape index (κ3) is 2.08. The number of nitrogens with two attached hydrogens (primary N) is 1. The van der Waals surface area contributed by atoms with E-state index in [4.69, 9.17) is 5.73 Å². The van der Waals surface area contributed by atoms with Crippen molar-refractivity contribution in [2.75, 3.05) is 18.0 Å². The molecule has 3 rings (SSSR count). The number of amidine groups is 1. The zero-order chi connectivity index (χ0) is 13.4. The van der Waals surface area contributed by atoms with E-state index in [9.17, 15) is 4.79 Å². The normalized spacial score (nSPS) is 18.4. The van der Waals surface area contributed by atoms with Gasteiger partial charge in [-0.1, -0.05) is 12.1 Å². The molecule has 2 aliphatic rings. The maximum absolute atomic E-state index is 11.8. The maximum atomic E-state index is 11.8. The summed E-state index contributed by atoms with van der Waals surface area (Å²) >= 11 is 1.64. The minimum atomic E-state index is -0.156. The van der Waals surface area contributed by atoms with Gasteiger partial charge < -0.3 is 10.6 Å². The number of anilines is 1. The van der Waals surface area contributed by atoms with Crippen molar-refractivity contribution in [2.45, 2.75) is 6.92 Å². The van der Waals surface area contributed by atoms with Crippen LogP contribution in [0.15, 0.2) is 34.4 Å². The minimum absolute atomic E-state index is 0.156. The Morgan fingerprint density at radius 3 is 3.11 bits per heavy atom. The molecular formula is C13H14N4OS. The summed E-state index contributed by atoms with van der Waals surface area (Å²) in [5.74, 6) is 1.53. The number of hydrogen-bond donors (Lipinski definition) is 2. The van der Waals surface area contributed by atoms with Crippen LogP contribution in [0.1, 0.15) is 11.1 Å². The number of nitrogens with zero attached hydrogens (tertiary/aromatic N) is 2. The van der Waals surface area contributed by atoms with Crippen LogP contribution in [0.25, 0.3) is 0 Å². The van der Waals surface area contributed by atoms with Gasteiger partial charge in [-0.2, -0.15) is 5.10 Å². The van der Waals surface area contributed by atoms with Gasteiger partial charge in [-0.25, -0.2) is 5.43 Å². The molecule has 1 aromatic rings. The fourth-order valence-corrected chi connectivity index (χ4v) is 2.88. The van der Waals surface area contributed by atoms with Crippen LogP contribution in [0, 0.1) is 6.92 Å². The molecule has 6 heteroatoms. The summed E-state index contributed by atoms with van der Waals surface area (Å²) in [5.41, 5.74) is 11.8. The average molecular weight is 274 g/mol. The molecule has 19 heavy (non-hydrogen) atoms. The standard InChI is InChI=1S/C13H14N4OS/c1-8-2-3-9(6-10(8)14)12-15-16-13(18)11-7-19-5-4-17(11)12/h2-3,6-7H,4-5,14H2,1H3,(H,16,18). The highest BCUT2D eigenvalue weighted by Gasteiger charge is 2.29. The summed E-state index contributed by atoms with van der Waals surface area (Å²) in [6.45, 7) is 2.74. The van der Waals surface area contributed by atoms with E-state index in [2.05, 4.69) is 10.5 Å². The summed E-state index contributed by atoms with van der Waals surface area (Å²) in [4.78, 5) is 13.7. The number of fused-ring (bicyclic) bond motifs is 1. The molecule has 0 radical (unpaired) electrons. The lowest BCUT2D eigenvalue weighted by atomic mass is 10.1. The number of thioether (sulfide) groups is 1. The zero-order valence-corrected chi connectivity index (χ0v) is 11.3. The number of carbonyl (C=O) groups excluding carboxylic acids is 1. The molecule has 0 bridgehead atoms. The van der Waals surface area contributed by atoms with E-state index in [0.29, 0.717) is 5.70 Å². The van der Waals surface area contributed by atoms with Crippen molar-refractivity contribution in [1.29, 1.82) is 0 Å². The van der Waals surface area contributed by atoms with E-state index in [-0.39, 0.29) is 5.91 Å². The van der Waals surface area contributed by atoms with Crippen molar-refractivity contribution in [1.82, 2.24) is 10.3 Å². The van der Waals surface area contributed by atoms with Crippen LogP contribution in [0.4, 0.5) is 5.69 Å². The number of nitrogen functional groups attached to an aromatic ring is 1. The lowest BCUT2D eigenvalue weighted by Gasteiger charge is -2.33. The van der Waals surface area contributed by atoms with Crippen LogP contribution in [0.2, 0.25) is 0 Å². The predicted molar refractivity (Wildman–Crippen MR) is 77.5 cm³/mol. The molecular weight excluding hydrogens is 260 g/mol. The van der Waals surface area contributed by atoms with Crippen LogP contribution in [-0.2, 0) is 4.79 Å². The van der Waals surface area contributed by atoms with Crippen LogP contribution < -0.4 is 11.2 Å². The van der Waals surface area contributed by atoms with Gasteiger partial charge in [-0.05, 0) is 18.6 Å². The smallest absolute Gasteiger partial charge is 0.288 e. The number of aryl methyl sites for hydroxylation is 1. The molecule has 0 aromatic heterocycles. The second kappa shape index (κ2) is 4.62. The molecule has 1 aromatic carbocycles. The molecule has 1 amide bonds. The SMILES string of the molecule is Cc1ccc(C2=NNC(=O)C3=CSCCN32)cc1N. The maximum Gasteiger partial charge on any atom is 0.288 e. The lowest BCUT2D eigenvalue weighted by molar-refractivity contribution is -0.119. The topological polar surface area (TPSA) is 70.7 Å². The number of amides is 1. The fraction of sp³-hybridized carbons (Fsp3) is 0.231. The summed E-state index contributed by atoms with van der Waals surface area (Å²) in [7, 11) is 0. The van der Waals surface area contributed by atoms with Crippen molar-refractivity contribution in [3.05, 3.63) is 40.4 Å². The first-order valence-electron chi connectivity index (χ1n) is 6.00. The van der Waals surface area contributed by atoms with E-state index in [1.165, 1.54) is 0 Å². The zero-order valence-electron chi connectivity index (χ0n) is 10.5. The molecule has 0 unspecified atom stereocenters. The van der Waals surface area contributed by atoms with Crippen molar-refractivity contribution < 1.29 is 4.79 Å². The van der Waals surface area contributed by atoms with Crippen molar-refractivity contribution in [3.63, 3.8) is 0 Å². The van der Waals surface area contributed by atoms with E-state index < -0.39 is 0 Å². The summed E-state index contributed by atoms with van der Waals surface area (Å²) in [5, 5.41) is 6.05. The van der Waals surface area contributed by atoms with E-state index >= 15 is 0 Å². The van der Waals surface area contributed by atoms with Gasteiger partial charge in [0.05, 0.1) is 0 Å². The third-order valence-electron chi connectivity index (χ3n) is 3.21. The largest absolute Gasteiger partial charge is 0.398 e. The number of carbonyl (C=O) groups is 1. The van der Waals surface area contributed by atoms with Gasteiger partial charge >= 0.3 is 0 Å². The summed E-state index contributed by atoms with van der Waals surface area (Å²) in [6, 6.07) is 5.83. The molecule has 0 atom stereocenters. The number of rotatable bonds is 1. The summed E-state index contributed by atoms with van der Waals surface area (Å²) in [6.07, 6.45) is 0. The first-order valence-corrected chi connectivity index (χ1v) is 7.05. The van der Waals surface area contributed by atoms with Crippen molar-refractivity contribution in [2.24, 2.45) is 5.10 Å². The van der Waals surface area contributed by atoms with Gasteiger partial charge in [0.15, 0.2) is 5.84 Å². The Kier molecular flexibility index (Phi) is 2.94. The highest BCUT2D eigenvalue weighted by Crippen LogP contribution is 2.25. The first kappa shape index (κ1) is 12.1. The molecule has 0 saturated carbocycles. The van der Waals surface area contributed by atoms with Crippen molar-refractivity contribution in [3.8, 4) is 0 Å². The van der Waals surface area contributed by atoms with E-state index in [1.807, 2.05) is 35.4 Å². The lowest BCUT2D eigenvalue weighted by Crippen LogP contribution is -2.45. The molecule has 2 heterocycles. The van der Waals surface area contributed by atoms with Gasteiger partial charge in [0, 0.05) is 29.0 Å². The number of nitrogens with one attached hydrogen (secondary N) is 1. The quantitative estimate of drug-likeness (QED) is 0.756. The first-order chi connectivity index (χ1) is 9.16. The Balaban J connectivity index is 2.04. The van der Waals surface area contributed by atoms with E-state index in [1.54, 1.807) is 11.8 Å². The molecule has 0 fully saturated rings. The molecule has 0 spiro atoms. The number of hydrazone groups is 1. The number of benzene rings is 1. The van der Waals surface area contributed by atoms with Crippen LogP contribution in [0.3, 0.4) is 0 Å². The van der Waals surface area contributed by atoms with Crippen LogP contribution in [-0.4, -0.2) is 28.9 Å². The second-order valence-corrected chi connectivity index (χ2v) is 5.45. The van der Waals surface area contributed by atoms with Crippen LogP contribution >= 0.6 is 11.8 Å². The highest BCUT2D eigenvalue weighted by atomic mass is 32.2. The molecule has 0 aliphatic carbocycles. The molecule has 5 nitrogen and oxygen atoms in total. The Labute approximate surface area is 115 Å². The van der Waals surface area contributed by atoms with Crippen LogP contribution in [0.5, 0.6) is 0 Å². The molecule has 98 valence electrons. The van der Waals surface area contributed by atoms with Gasteiger partial charge in [0.2, 0.25) is 0 Å². The number of hydrogen-bond acceptors (Lipinski definition) is 5. The molecule has 3 N–H and O–H groups in total. The fourth-order valence-electron chi connectivity index (χ4n) is 2.08. The monoisotopic (exact) mass is 274 g/mol. The average Bonchev–Trinajstić information content (AvgIpc) is 2.43. The minimum Gasteiger partial charge on any atom is -0.398 e. The summed E-state index contributed by atoms with van der Waals surface area (Å²) < 4.78 is 0. The van der Waals surface area contributed by atoms with Crippen molar-refractivity contribution >= 4 is 29.2 Å². The van der Waals surface area contributed by atoms with Gasteiger partial charge in [-0.15, -0.1) is 11.8 Å². The second-order valence-electron chi connectivity index (χ2n) is 4.47. The predicted octanol–water partition coefficient (Wildman–Crippen LogP) is 1.26. The van der Waals surface area contributed by atoms with Gasteiger partial charge in [0.25, 0.3) is 5.91 Å². The molecule has 2 aliphatic heterocycles. The van der Waals surface area contributed by atoms with Gasteiger partial charge in [0.1, 0.15) is 5.70 Å². The Bertz CT molecular complexity index is 609. The Hall–Kier alpha value is -1.95. The molecule has 0 saturated heterocycles. The Morgan fingerprint density at radius 2 is 2.32 bits per heavy atom. The Morgan fingerprint density at radius 1 is 1.47 bits per heavy atom. The van der Waals surface area contributed by atoms with Gasteiger partial charge in [-0.3, -0.25) is 4.79 Å². The van der Waals surface area contributed by atoms with E-state index in [0.717, 1.165) is 34.9 Å². The third-order valence-corrected chi connectivity index (χ3v) is 4.02.